The van der Waals surface area contributed by atoms with Crippen molar-refractivity contribution in [2.24, 2.45) is 11.8 Å². The second-order valence-corrected chi connectivity index (χ2v) is 10.0. The topological polar surface area (TPSA) is 101 Å². The number of likely N-dealkylation sites (N-methyl/N-ethyl adjacent to an activating group) is 1. The highest BCUT2D eigenvalue weighted by Gasteiger charge is 2.35. The molecule has 1 N–H and O–H groups in total. The quantitative estimate of drug-likeness (QED) is 0.610. The smallest absolute Gasteiger partial charge is 0.259 e. The van der Waals surface area contributed by atoms with E-state index in [0.29, 0.717) is 31.9 Å². The molecule has 2 aliphatic heterocycles. The van der Waals surface area contributed by atoms with Gasteiger partial charge in [-0.1, -0.05) is 19.1 Å². The van der Waals surface area contributed by atoms with Crippen LogP contribution in [-0.2, 0) is 9.53 Å². The number of carbonyl (C=O) groups excluding carboxylic acids is 2. The molecule has 0 radical (unpaired) electrons. The monoisotopic (exact) mass is 511 g/mol. The van der Waals surface area contributed by atoms with Crippen LogP contribution in [0.1, 0.15) is 37.0 Å². The van der Waals surface area contributed by atoms with Gasteiger partial charge in [0.1, 0.15) is 17.4 Å². The van der Waals surface area contributed by atoms with Gasteiger partial charge >= 0.3 is 0 Å². The number of carbonyl (C=O) groups is 2. The van der Waals surface area contributed by atoms with E-state index in [1.165, 1.54) is 0 Å². The number of benzene rings is 1. The van der Waals surface area contributed by atoms with Crippen LogP contribution in [0.15, 0.2) is 36.5 Å². The number of aliphatic hydroxyl groups excluding tert-OH is 1. The maximum Gasteiger partial charge on any atom is 0.259 e. The third kappa shape index (κ3) is 6.05. The second-order valence-electron chi connectivity index (χ2n) is 10.0. The number of rotatable bonds is 7. The van der Waals surface area contributed by atoms with E-state index in [2.05, 4.69) is 4.98 Å². The average molecular weight is 512 g/mol. The number of nitrogens with zero attached hydrogens (tertiary/aromatic N) is 3. The first-order chi connectivity index (χ1) is 17.8. The van der Waals surface area contributed by atoms with Crippen molar-refractivity contribution in [1.82, 2.24) is 14.8 Å². The second kappa shape index (κ2) is 11.9. The predicted molar refractivity (Wildman–Crippen MR) is 139 cm³/mol. The number of ether oxygens (including phenoxy) is 3. The van der Waals surface area contributed by atoms with E-state index in [4.69, 9.17) is 14.2 Å². The molecule has 3 heterocycles. The molecule has 0 bridgehead atoms. The van der Waals surface area contributed by atoms with E-state index in [-0.39, 0.29) is 48.3 Å². The van der Waals surface area contributed by atoms with Crippen molar-refractivity contribution < 1.29 is 28.9 Å². The first kappa shape index (κ1) is 26.9. The number of pyridine rings is 1. The summed E-state index contributed by atoms with van der Waals surface area (Å²) in [5.41, 5.74) is 2.00. The third-order valence-electron chi connectivity index (χ3n) is 7.34. The standard InChI is InChI=1S/C28H37N3O6/c1-18-15-31(19(2)17-32)28(34)24-13-22(20-5-7-23(35-4)8-6-20)14-29-26(24)37-25(18)16-30(3)27(33)21-9-11-36-12-10-21/h5-8,13-14,18-19,21,25,32H,9-12,15-17H2,1-4H3/t18-,19+,25+/m0/s1. The number of aromatic nitrogens is 1. The Labute approximate surface area is 218 Å². The minimum Gasteiger partial charge on any atom is -0.497 e. The lowest BCUT2D eigenvalue weighted by Gasteiger charge is -2.38. The zero-order chi connectivity index (χ0) is 26.5. The molecule has 2 amide bonds. The molecular weight excluding hydrogens is 474 g/mol. The SMILES string of the molecule is COc1ccc(-c2cnc3c(c2)C(=O)N([C@H](C)CO)C[C@H](C)[C@@H](CN(C)C(=O)C2CCOCC2)O3)cc1. The van der Waals surface area contributed by atoms with Gasteiger partial charge in [-0.25, -0.2) is 4.98 Å². The lowest BCUT2D eigenvalue weighted by molar-refractivity contribution is -0.138. The van der Waals surface area contributed by atoms with Crippen molar-refractivity contribution in [3.63, 3.8) is 0 Å². The molecule has 1 aromatic heterocycles. The summed E-state index contributed by atoms with van der Waals surface area (Å²) in [4.78, 5) is 34.7. The summed E-state index contributed by atoms with van der Waals surface area (Å²) in [6.07, 6.45) is 2.75. The van der Waals surface area contributed by atoms with E-state index in [9.17, 15) is 14.7 Å². The first-order valence-electron chi connectivity index (χ1n) is 12.9. The molecule has 4 rings (SSSR count). The Bertz CT molecular complexity index is 1090. The highest BCUT2D eigenvalue weighted by atomic mass is 16.5. The molecule has 0 spiro atoms. The van der Waals surface area contributed by atoms with Crippen molar-refractivity contribution >= 4 is 11.8 Å². The molecule has 1 fully saturated rings. The lowest BCUT2D eigenvalue weighted by Crippen LogP contribution is -2.51. The van der Waals surface area contributed by atoms with Crippen LogP contribution >= 0.6 is 0 Å². The highest BCUT2D eigenvalue weighted by molar-refractivity contribution is 5.98. The highest BCUT2D eigenvalue weighted by Crippen LogP contribution is 2.31. The van der Waals surface area contributed by atoms with Gasteiger partial charge in [-0.15, -0.1) is 0 Å². The van der Waals surface area contributed by atoms with Gasteiger partial charge in [0.15, 0.2) is 0 Å². The van der Waals surface area contributed by atoms with E-state index >= 15 is 0 Å². The van der Waals surface area contributed by atoms with Gasteiger partial charge in [0.25, 0.3) is 5.91 Å². The van der Waals surface area contributed by atoms with E-state index < -0.39 is 0 Å². The molecule has 1 saturated heterocycles. The van der Waals surface area contributed by atoms with Crippen LogP contribution in [0.3, 0.4) is 0 Å². The predicted octanol–water partition coefficient (Wildman–Crippen LogP) is 2.86. The molecule has 9 heteroatoms. The molecular formula is C28H37N3O6. The number of amides is 2. The number of hydrogen-bond donors (Lipinski definition) is 1. The fourth-order valence-corrected chi connectivity index (χ4v) is 4.88. The largest absolute Gasteiger partial charge is 0.497 e. The Hall–Kier alpha value is -3.17. The third-order valence-corrected chi connectivity index (χ3v) is 7.34. The maximum absolute atomic E-state index is 13.7. The number of hydrogen-bond acceptors (Lipinski definition) is 7. The fourth-order valence-electron chi connectivity index (χ4n) is 4.88. The summed E-state index contributed by atoms with van der Waals surface area (Å²) in [5.74, 6) is 0.673. The summed E-state index contributed by atoms with van der Waals surface area (Å²) in [6, 6.07) is 8.93. The van der Waals surface area contributed by atoms with Gasteiger partial charge < -0.3 is 29.1 Å². The van der Waals surface area contributed by atoms with E-state index in [1.54, 1.807) is 36.2 Å². The van der Waals surface area contributed by atoms with Crippen LogP contribution in [0.5, 0.6) is 11.6 Å². The number of aliphatic hydroxyl groups is 1. The molecule has 200 valence electrons. The molecule has 0 unspecified atom stereocenters. The molecule has 2 aromatic rings. The van der Waals surface area contributed by atoms with Crippen LogP contribution in [0.2, 0.25) is 0 Å². The number of methoxy groups -OCH3 is 1. The average Bonchev–Trinajstić information content (AvgIpc) is 2.94. The molecule has 1 aromatic carbocycles. The van der Waals surface area contributed by atoms with E-state index in [0.717, 1.165) is 29.7 Å². The van der Waals surface area contributed by atoms with Crippen molar-refractivity contribution in [1.29, 1.82) is 0 Å². The molecule has 0 aliphatic carbocycles. The van der Waals surface area contributed by atoms with Crippen LogP contribution in [-0.4, -0.2) is 90.9 Å². The lowest BCUT2D eigenvalue weighted by atomic mass is 9.97. The Morgan fingerprint density at radius 1 is 1.24 bits per heavy atom. The Balaban J connectivity index is 1.64. The maximum atomic E-state index is 13.7. The summed E-state index contributed by atoms with van der Waals surface area (Å²) in [7, 11) is 3.41. The van der Waals surface area contributed by atoms with Gasteiger partial charge in [0.2, 0.25) is 11.8 Å². The molecule has 3 atom stereocenters. The minimum atomic E-state index is -0.382. The molecule has 37 heavy (non-hydrogen) atoms. The fraction of sp³-hybridized carbons (Fsp3) is 0.536. The van der Waals surface area contributed by atoms with Gasteiger partial charge in [-0.3, -0.25) is 9.59 Å². The number of fused-ring (bicyclic) bond motifs is 1. The van der Waals surface area contributed by atoms with E-state index in [1.807, 2.05) is 38.1 Å². The van der Waals surface area contributed by atoms with Crippen LogP contribution in [0.25, 0.3) is 11.1 Å². The van der Waals surface area contributed by atoms with Crippen LogP contribution in [0.4, 0.5) is 0 Å². The van der Waals surface area contributed by atoms with Gasteiger partial charge in [-0.2, -0.15) is 0 Å². The van der Waals surface area contributed by atoms with Gasteiger partial charge in [-0.05, 0) is 43.5 Å². The summed E-state index contributed by atoms with van der Waals surface area (Å²) in [5, 5.41) is 9.90. The first-order valence-corrected chi connectivity index (χ1v) is 12.9. The van der Waals surface area contributed by atoms with Crippen molar-refractivity contribution in [3.8, 4) is 22.8 Å². The summed E-state index contributed by atoms with van der Waals surface area (Å²) >= 11 is 0. The summed E-state index contributed by atoms with van der Waals surface area (Å²) in [6.45, 7) is 5.62. The molecule has 9 nitrogen and oxygen atoms in total. The normalized spacial score (nSPS) is 21.3. The van der Waals surface area contributed by atoms with Crippen LogP contribution < -0.4 is 9.47 Å². The van der Waals surface area contributed by atoms with Crippen LogP contribution in [0, 0.1) is 11.8 Å². The van der Waals surface area contributed by atoms with Crippen molar-refractivity contribution in [2.45, 2.75) is 38.8 Å². The molecule has 2 aliphatic rings. The zero-order valence-corrected chi connectivity index (χ0v) is 22.1. The summed E-state index contributed by atoms with van der Waals surface area (Å²) < 4.78 is 17.0. The van der Waals surface area contributed by atoms with Gasteiger partial charge in [0.05, 0.1) is 26.3 Å². The Kier molecular flexibility index (Phi) is 8.66. The Morgan fingerprint density at radius 3 is 2.59 bits per heavy atom. The van der Waals surface area contributed by atoms with Crippen molar-refractivity contribution in [3.05, 3.63) is 42.1 Å². The van der Waals surface area contributed by atoms with Gasteiger partial charge in [0, 0.05) is 50.4 Å². The molecule has 0 saturated carbocycles. The Morgan fingerprint density at radius 2 is 1.95 bits per heavy atom. The minimum absolute atomic E-state index is 0.0486. The zero-order valence-electron chi connectivity index (χ0n) is 22.1. The van der Waals surface area contributed by atoms with Crippen molar-refractivity contribution in [2.75, 3.05) is 47.1 Å².